The molecule has 0 heterocycles. The molecule has 0 aliphatic carbocycles. The Hall–Kier alpha value is -1.24. The molecular weight excluding hydrogens is 210 g/mol. The summed E-state index contributed by atoms with van der Waals surface area (Å²) in [6.07, 6.45) is 2.05. The first-order valence-corrected chi connectivity index (χ1v) is 5.29. The van der Waals surface area contributed by atoms with E-state index in [1.54, 1.807) is 12.1 Å². The largest absolute Gasteiger partial charge is 0.385 e. The van der Waals surface area contributed by atoms with Crippen LogP contribution >= 0.6 is 11.6 Å². The lowest BCUT2D eigenvalue weighted by Gasteiger charge is -2.06. The van der Waals surface area contributed by atoms with Crippen LogP contribution in [0, 0.1) is 11.3 Å². The van der Waals surface area contributed by atoms with Crippen LogP contribution in [0.15, 0.2) is 18.2 Å². The van der Waals surface area contributed by atoms with Gasteiger partial charge < -0.3 is 11.1 Å². The Morgan fingerprint density at radius 2 is 2.20 bits per heavy atom. The first-order chi connectivity index (χ1) is 7.27. The predicted octanol–water partition coefficient (Wildman–Crippen LogP) is 2.36. The number of benzene rings is 1. The van der Waals surface area contributed by atoms with Crippen molar-refractivity contribution in [3.63, 3.8) is 0 Å². The number of nitrogens with one attached hydrogen (secondary N) is 1. The second-order valence-corrected chi connectivity index (χ2v) is 3.64. The molecule has 0 saturated heterocycles. The minimum atomic E-state index is 0.487. The highest BCUT2D eigenvalue weighted by Crippen LogP contribution is 2.19. The third kappa shape index (κ3) is 3.78. The molecule has 3 nitrogen and oxygen atoms in total. The van der Waals surface area contributed by atoms with E-state index in [0.29, 0.717) is 10.6 Å². The van der Waals surface area contributed by atoms with Gasteiger partial charge in [0.25, 0.3) is 0 Å². The van der Waals surface area contributed by atoms with E-state index in [1.165, 1.54) is 0 Å². The van der Waals surface area contributed by atoms with Crippen LogP contribution in [0.2, 0.25) is 5.02 Å². The molecule has 0 atom stereocenters. The summed E-state index contributed by atoms with van der Waals surface area (Å²) in [4.78, 5) is 0. The molecule has 4 heteroatoms. The topological polar surface area (TPSA) is 61.8 Å². The average molecular weight is 224 g/mol. The van der Waals surface area contributed by atoms with Gasteiger partial charge in [0.15, 0.2) is 0 Å². The minimum Gasteiger partial charge on any atom is -0.385 e. The average Bonchev–Trinajstić information content (AvgIpc) is 2.25. The van der Waals surface area contributed by atoms with E-state index in [4.69, 9.17) is 22.6 Å². The van der Waals surface area contributed by atoms with Crippen LogP contribution in [0.5, 0.6) is 0 Å². The van der Waals surface area contributed by atoms with E-state index in [-0.39, 0.29) is 0 Å². The highest BCUT2D eigenvalue weighted by Gasteiger charge is 1.99. The number of nitrogens with two attached hydrogens (primary N) is 1. The first-order valence-electron chi connectivity index (χ1n) is 4.91. The van der Waals surface area contributed by atoms with Gasteiger partial charge in [-0.3, -0.25) is 0 Å². The van der Waals surface area contributed by atoms with E-state index in [9.17, 15) is 0 Å². The van der Waals surface area contributed by atoms with Gasteiger partial charge in [0.2, 0.25) is 0 Å². The number of hydrogen-bond donors (Lipinski definition) is 2. The van der Waals surface area contributed by atoms with Crippen LogP contribution in [0.25, 0.3) is 0 Å². The lowest BCUT2D eigenvalue weighted by Crippen LogP contribution is -2.05. The Morgan fingerprint density at radius 3 is 2.80 bits per heavy atom. The van der Waals surface area contributed by atoms with Crippen molar-refractivity contribution in [1.29, 1.82) is 5.26 Å². The maximum atomic E-state index is 8.69. The van der Waals surface area contributed by atoms with Crippen LogP contribution in [-0.4, -0.2) is 13.1 Å². The third-order valence-electron chi connectivity index (χ3n) is 2.05. The molecule has 0 aliphatic rings. The van der Waals surface area contributed by atoms with Crippen LogP contribution in [0.1, 0.15) is 18.4 Å². The van der Waals surface area contributed by atoms with Crippen molar-refractivity contribution in [3.05, 3.63) is 28.8 Å². The van der Waals surface area contributed by atoms with E-state index in [1.807, 2.05) is 12.1 Å². The molecule has 0 unspecified atom stereocenters. The monoisotopic (exact) mass is 223 g/mol. The van der Waals surface area contributed by atoms with Crippen molar-refractivity contribution >= 4 is 17.3 Å². The predicted molar refractivity (Wildman–Crippen MR) is 62.9 cm³/mol. The lowest BCUT2D eigenvalue weighted by molar-refractivity contribution is 0.774. The molecule has 0 radical (unpaired) electrons. The van der Waals surface area contributed by atoms with Gasteiger partial charge in [0.05, 0.1) is 10.6 Å². The van der Waals surface area contributed by atoms with E-state index >= 15 is 0 Å². The number of hydrogen-bond acceptors (Lipinski definition) is 3. The summed E-state index contributed by atoms with van der Waals surface area (Å²) in [7, 11) is 0. The maximum absolute atomic E-state index is 8.69. The fourth-order valence-electron chi connectivity index (χ4n) is 1.22. The molecule has 80 valence electrons. The molecule has 0 aliphatic heterocycles. The van der Waals surface area contributed by atoms with Gasteiger partial charge in [0.1, 0.15) is 6.07 Å². The van der Waals surface area contributed by atoms with Gasteiger partial charge in [-0.2, -0.15) is 5.26 Å². The van der Waals surface area contributed by atoms with Crippen molar-refractivity contribution in [1.82, 2.24) is 0 Å². The summed E-state index contributed by atoms with van der Waals surface area (Å²) in [6.45, 7) is 1.59. The highest BCUT2D eigenvalue weighted by atomic mass is 35.5. The maximum Gasteiger partial charge on any atom is 0.101 e. The smallest absolute Gasteiger partial charge is 0.101 e. The normalized spacial score (nSPS) is 9.67. The van der Waals surface area contributed by atoms with Gasteiger partial charge in [-0.05, 0) is 37.6 Å². The summed E-state index contributed by atoms with van der Waals surface area (Å²) in [5, 5.41) is 12.4. The van der Waals surface area contributed by atoms with Crippen molar-refractivity contribution in [2.45, 2.75) is 12.8 Å². The van der Waals surface area contributed by atoms with Crippen molar-refractivity contribution in [2.75, 3.05) is 18.4 Å². The van der Waals surface area contributed by atoms with Crippen LogP contribution in [-0.2, 0) is 0 Å². The molecule has 1 rings (SSSR count). The molecule has 1 aromatic rings. The van der Waals surface area contributed by atoms with Gasteiger partial charge in [-0.15, -0.1) is 0 Å². The van der Waals surface area contributed by atoms with Crippen LogP contribution < -0.4 is 11.1 Å². The number of anilines is 1. The second kappa shape index (κ2) is 6.28. The standard InChI is InChI=1S/C11H14ClN3/c12-11-7-10(4-3-9(11)8-14)15-6-2-1-5-13/h3-4,7,15H,1-2,5-6,13H2. The van der Waals surface area contributed by atoms with Crippen molar-refractivity contribution in [2.24, 2.45) is 5.73 Å². The number of unbranched alkanes of at least 4 members (excludes halogenated alkanes) is 1. The second-order valence-electron chi connectivity index (χ2n) is 3.23. The Bertz CT molecular complexity index is 357. The van der Waals surface area contributed by atoms with E-state index < -0.39 is 0 Å². The summed E-state index contributed by atoms with van der Waals surface area (Å²) in [5.74, 6) is 0. The number of rotatable bonds is 5. The SMILES string of the molecule is N#Cc1ccc(NCCCCN)cc1Cl. The fraction of sp³-hybridized carbons (Fsp3) is 0.364. The lowest BCUT2D eigenvalue weighted by atomic mass is 10.2. The Labute approximate surface area is 94.8 Å². The molecule has 0 aromatic heterocycles. The molecule has 0 spiro atoms. The van der Waals surface area contributed by atoms with E-state index in [2.05, 4.69) is 5.32 Å². The minimum absolute atomic E-state index is 0.487. The number of nitrogens with zero attached hydrogens (tertiary/aromatic N) is 1. The molecule has 0 fully saturated rings. The first kappa shape index (κ1) is 11.8. The molecule has 0 saturated carbocycles. The Morgan fingerprint density at radius 1 is 1.40 bits per heavy atom. The fourth-order valence-corrected chi connectivity index (χ4v) is 1.44. The van der Waals surface area contributed by atoms with Gasteiger partial charge in [-0.1, -0.05) is 11.6 Å². The number of nitriles is 1. The van der Waals surface area contributed by atoms with Crippen LogP contribution in [0.4, 0.5) is 5.69 Å². The molecule has 0 amide bonds. The van der Waals surface area contributed by atoms with Crippen molar-refractivity contribution in [3.8, 4) is 6.07 Å². The zero-order chi connectivity index (χ0) is 11.1. The summed E-state index contributed by atoms with van der Waals surface area (Å²) in [6, 6.07) is 7.36. The summed E-state index contributed by atoms with van der Waals surface area (Å²) < 4.78 is 0. The van der Waals surface area contributed by atoms with Gasteiger partial charge >= 0.3 is 0 Å². The molecule has 15 heavy (non-hydrogen) atoms. The Kier molecular flexibility index (Phi) is 4.96. The zero-order valence-corrected chi connectivity index (χ0v) is 9.22. The zero-order valence-electron chi connectivity index (χ0n) is 8.46. The molecule has 3 N–H and O–H groups in total. The number of halogens is 1. The molecule has 0 bridgehead atoms. The van der Waals surface area contributed by atoms with Crippen LogP contribution in [0.3, 0.4) is 0 Å². The summed E-state index contributed by atoms with van der Waals surface area (Å²) >= 11 is 5.89. The summed E-state index contributed by atoms with van der Waals surface area (Å²) in [5.41, 5.74) is 6.83. The van der Waals surface area contributed by atoms with Gasteiger partial charge in [-0.25, -0.2) is 0 Å². The molecular formula is C11H14ClN3. The van der Waals surface area contributed by atoms with Crippen molar-refractivity contribution < 1.29 is 0 Å². The molecule has 1 aromatic carbocycles. The quantitative estimate of drug-likeness (QED) is 0.754. The van der Waals surface area contributed by atoms with E-state index in [0.717, 1.165) is 31.6 Å². The highest BCUT2D eigenvalue weighted by molar-refractivity contribution is 6.32. The Balaban J connectivity index is 2.49. The third-order valence-corrected chi connectivity index (χ3v) is 2.36. The van der Waals surface area contributed by atoms with Gasteiger partial charge in [0, 0.05) is 12.2 Å².